The van der Waals surface area contributed by atoms with Crippen LogP contribution >= 0.6 is 11.3 Å². The predicted octanol–water partition coefficient (Wildman–Crippen LogP) is 4.84. The van der Waals surface area contributed by atoms with Gasteiger partial charge < -0.3 is 19.7 Å². The third-order valence-electron chi connectivity index (χ3n) is 5.48. The number of ether oxygens (including phenoxy) is 2. The predicted molar refractivity (Wildman–Crippen MR) is 125 cm³/mol. The van der Waals surface area contributed by atoms with E-state index in [1.165, 1.54) is 26.5 Å². The Morgan fingerprint density at radius 1 is 1.06 bits per heavy atom. The number of anilines is 1. The minimum absolute atomic E-state index is 0.178. The van der Waals surface area contributed by atoms with Crippen molar-refractivity contribution in [2.24, 2.45) is 0 Å². The van der Waals surface area contributed by atoms with Crippen LogP contribution in [-0.2, 0) is 0 Å². The fourth-order valence-corrected chi connectivity index (χ4v) is 4.59. The number of amides is 2. The molecule has 0 aliphatic carbocycles. The molecule has 1 aliphatic rings. The van der Waals surface area contributed by atoms with Gasteiger partial charge in [-0.3, -0.25) is 9.59 Å². The van der Waals surface area contributed by atoms with Crippen molar-refractivity contribution in [1.82, 2.24) is 9.88 Å². The van der Waals surface area contributed by atoms with E-state index in [-0.39, 0.29) is 5.91 Å². The first kappa shape index (κ1) is 22.7. The van der Waals surface area contributed by atoms with Gasteiger partial charge in [0.05, 0.1) is 31.7 Å². The number of benzene rings is 2. The van der Waals surface area contributed by atoms with Gasteiger partial charge in [-0.05, 0) is 37.5 Å². The largest absolute Gasteiger partial charge is 0.493 e. The summed E-state index contributed by atoms with van der Waals surface area (Å²) in [6.45, 7) is 1.34. The Labute approximate surface area is 195 Å². The minimum atomic E-state index is -0.449. The highest BCUT2D eigenvalue weighted by atomic mass is 32.1. The third kappa shape index (κ3) is 4.83. The molecule has 2 aromatic carbocycles. The summed E-state index contributed by atoms with van der Waals surface area (Å²) in [6, 6.07) is 9.42. The van der Waals surface area contributed by atoms with E-state index in [0.29, 0.717) is 51.3 Å². The average Bonchev–Trinajstić information content (AvgIpc) is 3.34. The number of thiazole rings is 1. The molecule has 9 heteroatoms. The van der Waals surface area contributed by atoms with E-state index < -0.39 is 11.7 Å². The molecule has 1 fully saturated rings. The standard InChI is InChI=1S/C24H24FN3O4S/c1-31-19-12-16(24(30)28-10-6-3-7-11-28)18(13-20(19)32-2)27-22(29)21-14-26-23(33-21)15-8-4-5-9-17(15)25/h4-5,8-9,12-14H,3,6-7,10-11H2,1-2H3,(H,27,29). The summed E-state index contributed by atoms with van der Waals surface area (Å²) >= 11 is 1.07. The molecule has 4 rings (SSSR count). The van der Waals surface area contributed by atoms with Crippen LogP contribution in [0.15, 0.2) is 42.6 Å². The number of methoxy groups -OCH3 is 2. The zero-order valence-electron chi connectivity index (χ0n) is 18.4. The summed E-state index contributed by atoms with van der Waals surface area (Å²) in [5.41, 5.74) is 0.962. The lowest BCUT2D eigenvalue weighted by Gasteiger charge is -2.28. The van der Waals surface area contributed by atoms with Crippen molar-refractivity contribution in [3.63, 3.8) is 0 Å². The van der Waals surface area contributed by atoms with Crippen LogP contribution in [0.3, 0.4) is 0 Å². The van der Waals surface area contributed by atoms with Crippen molar-refractivity contribution >= 4 is 28.8 Å². The van der Waals surface area contributed by atoms with E-state index in [0.717, 1.165) is 30.6 Å². The van der Waals surface area contributed by atoms with Crippen LogP contribution in [-0.4, -0.2) is 49.0 Å². The van der Waals surface area contributed by atoms with Gasteiger partial charge in [0.1, 0.15) is 15.7 Å². The maximum atomic E-state index is 14.1. The van der Waals surface area contributed by atoms with E-state index in [1.54, 1.807) is 35.2 Å². The first-order valence-electron chi connectivity index (χ1n) is 10.6. The van der Waals surface area contributed by atoms with Crippen molar-refractivity contribution in [3.05, 3.63) is 58.9 Å². The Kier molecular flexibility index (Phi) is 6.88. The summed E-state index contributed by atoms with van der Waals surface area (Å²) < 4.78 is 24.8. The fraction of sp³-hybridized carbons (Fsp3) is 0.292. The van der Waals surface area contributed by atoms with Gasteiger partial charge in [0.2, 0.25) is 0 Å². The molecule has 0 bridgehead atoms. The number of halogens is 1. The number of piperidine rings is 1. The van der Waals surface area contributed by atoms with Gasteiger partial charge in [-0.1, -0.05) is 12.1 Å². The van der Waals surface area contributed by atoms with Crippen LogP contribution in [0.4, 0.5) is 10.1 Å². The van der Waals surface area contributed by atoms with Crippen molar-refractivity contribution in [3.8, 4) is 22.1 Å². The Balaban J connectivity index is 1.64. The second kappa shape index (κ2) is 9.99. The molecule has 2 amide bonds. The van der Waals surface area contributed by atoms with Crippen molar-refractivity contribution in [1.29, 1.82) is 0 Å². The van der Waals surface area contributed by atoms with Gasteiger partial charge in [-0.15, -0.1) is 11.3 Å². The molecule has 7 nitrogen and oxygen atoms in total. The highest BCUT2D eigenvalue weighted by molar-refractivity contribution is 7.17. The molecule has 1 saturated heterocycles. The van der Waals surface area contributed by atoms with E-state index in [9.17, 15) is 14.0 Å². The van der Waals surface area contributed by atoms with E-state index >= 15 is 0 Å². The smallest absolute Gasteiger partial charge is 0.267 e. The monoisotopic (exact) mass is 469 g/mol. The normalized spacial score (nSPS) is 13.5. The number of carbonyl (C=O) groups is 2. The molecule has 3 aromatic rings. The number of aromatic nitrogens is 1. The first-order valence-corrected chi connectivity index (χ1v) is 11.4. The van der Waals surface area contributed by atoms with E-state index in [4.69, 9.17) is 9.47 Å². The topological polar surface area (TPSA) is 80.8 Å². The third-order valence-corrected chi connectivity index (χ3v) is 6.51. The number of nitrogens with zero attached hydrogens (tertiary/aromatic N) is 2. The minimum Gasteiger partial charge on any atom is -0.493 e. The van der Waals surface area contributed by atoms with Gasteiger partial charge in [-0.2, -0.15) is 0 Å². The molecule has 0 spiro atoms. The van der Waals surface area contributed by atoms with Gasteiger partial charge >= 0.3 is 0 Å². The molecule has 33 heavy (non-hydrogen) atoms. The summed E-state index contributed by atoms with van der Waals surface area (Å²) in [7, 11) is 2.98. The summed E-state index contributed by atoms with van der Waals surface area (Å²) in [5, 5.41) is 3.21. The number of hydrogen-bond donors (Lipinski definition) is 1. The van der Waals surface area contributed by atoms with Crippen LogP contribution in [0.5, 0.6) is 11.5 Å². The molecule has 1 N–H and O–H groups in total. The molecule has 2 heterocycles. The Morgan fingerprint density at radius 3 is 2.45 bits per heavy atom. The lowest BCUT2D eigenvalue weighted by molar-refractivity contribution is 0.0725. The molecule has 0 atom stereocenters. The summed E-state index contributed by atoms with van der Waals surface area (Å²) in [4.78, 5) is 32.5. The van der Waals surface area contributed by atoms with Gasteiger partial charge in [0.25, 0.3) is 11.8 Å². The first-order chi connectivity index (χ1) is 16.0. The molecule has 0 saturated carbocycles. The maximum absolute atomic E-state index is 14.1. The second-order valence-electron chi connectivity index (χ2n) is 7.57. The van der Waals surface area contributed by atoms with Crippen LogP contribution in [0, 0.1) is 5.82 Å². The maximum Gasteiger partial charge on any atom is 0.267 e. The van der Waals surface area contributed by atoms with Crippen molar-refractivity contribution in [2.75, 3.05) is 32.6 Å². The lowest BCUT2D eigenvalue weighted by Crippen LogP contribution is -2.36. The number of rotatable bonds is 6. The number of carbonyl (C=O) groups excluding carboxylic acids is 2. The second-order valence-corrected chi connectivity index (χ2v) is 8.60. The fourth-order valence-electron chi connectivity index (χ4n) is 3.75. The Bertz CT molecular complexity index is 1170. The molecule has 172 valence electrons. The molecular weight excluding hydrogens is 445 g/mol. The van der Waals surface area contributed by atoms with Crippen LogP contribution < -0.4 is 14.8 Å². The zero-order valence-corrected chi connectivity index (χ0v) is 19.2. The van der Waals surface area contributed by atoms with Gasteiger partial charge in [0, 0.05) is 24.7 Å². The van der Waals surface area contributed by atoms with Gasteiger partial charge in [-0.25, -0.2) is 9.37 Å². The SMILES string of the molecule is COc1cc(NC(=O)c2cnc(-c3ccccc3F)s2)c(C(=O)N2CCCCC2)cc1OC. The lowest BCUT2D eigenvalue weighted by atomic mass is 10.1. The van der Waals surface area contributed by atoms with Crippen molar-refractivity contribution in [2.45, 2.75) is 19.3 Å². The molecule has 0 unspecified atom stereocenters. The van der Waals surface area contributed by atoms with Crippen LogP contribution in [0.25, 0.3) is 10.6 Å². The quantitative estimate of drug-likeness (QED) is 0.559. The number of hydrogen-bond acceptors (Lipinski definition) is 6. The van der Waals surface area contributed by atoms with E-state index in [1.807, 2.05) is 0 Å². The highest BCUT2D eigenvalue weighted by Gasteiger charge is 2.25. The Hall–Kier alpha value is -3.46. The summed E-state index contributed by atoms with van der Waals surface area (Å²) in [5.74, 6) is -0.250. The van der Waals surface area contributed by atoms with E-state index in [2.05, 4.69) is 10.3 Å². The van der Waals surface area contributed by atoms with Gasteiger partial charge in [0.15, 0.2) is 11.5 Å². The molecule has 1 aromatic heterocycles. The Morgan fingerprint density at radius 2 is 1.76 bits per heavy atom. The van der Waals surface area contributed by atoms with Crippen molar-refractivity contribution < 1.29 is 23.5 Å². The zero-order chi connectivity index (χ0) is 23.4. The molecular formula is C24H24FN3O4S. The average molecular weight is 470 g/mol. The highest BCUT2D eigenvalue weighted by Crippen LogP contribution is 2.35. The number of likely N-dealkylation sites (tertiary alicyclic amines) is 1. The van der Waals surface area contributed by atoms with Crippen LogP contribution in [0.2, 0.25) is 0 Å². The molecule has 1 aliphatic heterocycles. The number of nitrogens with one attached hydrogen (secondary N) is 1. The van der Waals surface area contributed by atoms with Crippen LogP contribution in [0.1, 0.15) is 39.3 Å². The summed E-state index contributed by atoms with van der Waals surface area (Å²) in [6.07, 6.45) is 4.38. The molecule has 0 radical (unpaired) electrons.